The van der Waals surface area contributed by atoms with Crippen LogP contribution in [0.5, 0.6) is 0 Å². The molecule has 1 aliphatic heterocycles. The number of rotatable bonds is 4. The molecule has 0 aromatic heterocycles. The van der Waals surface area contributed by atoms with Crippen LogP contribution in [0.25, 0.3) is 6.08 Å². The molecule has 0 bridgehead atoms. The largest absolute Gasteiger partial charge is 0.293 e. The van der Waals surface area contributed by atoms with E-state index in [1.54, 1.807) is 36.4 Å². The van der Waals surface area contributed by atoms with Gasteiger partial charge in [-0.2, -0.15) is 0 Å². The van der Waals surface area contributed by atoms with Crippen molar-refractivity contribution in [3.05, 3.63) is 79.7 Å². The molecule has 0 spiro atoms. The van der Waals surface area contributed by atoms with Gasteiger partial charge in [0.05, 0.1) is 16.4 Å². The van der Waals surface area contributed by atoms with E-state index < -0.39 is 16.1 Å². The standard InChI is InChI=1S/C17H11ClN2O4S/c18-13-6-4-11(5-7-13)9-15-16(21)19(17(22)25-15)10-12-2-1-3-14(8-12)20(23)24/h1-9H,10H2/b15-9+. The second-order valence-electron chi connectivity index (χ2n) is 5.25. The Kier molecular flexibility index (Phi) is 4.87. The molecule has 1 heterocycles. The lowest BCUT2D eigenvalue weighted by atomic mass is 10.2. The van der Waals surface area contributed by atoms with Crippen molar-refractivity contribution < 1.29 is 14.5 Å². The van der Waals surface area contributed by atoms with Gasteiger partial charge in [0.15, 0.2) is 0 Å². The monoisotopic (exact) mass is 374 g/mol. The van der Waals surface area contributed by atoms with E-state index in [9.17, 15) is 19.7 Å². The summed E-state index contributed by atoms with van der Waals surface area (Å²) >= 11 is 6.67. The molecule has 0 N–H and O–H groups in total. The Hall–Kier alpha value is -2.64. The highest BCUT2D eigenvalue weighted by molar-refractivity contribution is 8.18. The number of nitro groups is 1. The van der Waals surface area contributed by atoms with E-state index >= 15 is 0 Å². The summed E-state index contributed by atoms with van der Waals surface area (Å²) in [6.07, 6.45) is 1.62. The number of hydrogen-bond donors (Lipinski definition) is 0. The van der Waals surface area contributed by atoms with Crippen molar-refractivity contribution in [1.82, 2.24) is 4.90 Å². The highest BCUT2D eigenvalue weighted by Gasteiger charge is 2.35. The van der Waals surface area contributed by atoms with E-state index in [4.69, 9.17) is 11.6 Å². The molecule has 6 nitrogen and oxygen atoms in total. The molecule has 3 rings (SSSR count). The average molecular weight is 375 g/mol. The molecule has 0 saturated carbocycles. The number of carbonyl (C=O) groups excluding carboxylic acids is 2. The number of carbonyl (C=O) groups is 2. The van der Waals surface area contributed by atoms with Crippen LogP contribution in [0.1, 0.15) is 11.1 Å². The van der Waals surface area contributed by atoms with Gasteiger partial charge in [0.25, 0.3) is 16.8 Å². The van der Waals surface area contributed by atoms with Crippen LogP contribution >= 0.6 is 23.4 Å². The fourth-order valence-electron chi connectivity index (χ4n) is 2.30. The van der Waals surface area contributed by atoms with E-state index in [-0.39, 0.29) is 12.2 Å². The molecular weight excluding hydrogens is 364 g/mol. The number of halogens is 1. The second kappa shape index (κ2) is 7.08. The van der Waals surface area contributed by atoms with Crippen molar-refractivity contribution in [2.24, 2.45) is 0 Å². The molecule has 126 valence electrons. The van der Waals surface area contributed by atoms with Crippen molar-refractivity contribution >= 4 is 46.3 Å². The maximum Gasteiger partial charge on any atom is 0.293 e. The zero-order valence-corrected chi connectivity index (χ0v) is 14.3. The van der Waals surface area contributed by atoms with Crippen LogP contribution in [0.2, 0.25) is 5.02 Å². The number of thioether (sulfide) groups is 1. The van der Waals surface area contributed by atoms with Gasteiger partial charge >= 0.3 is 0 Å². The molecule has 8 heteroatoms. The van der Waals surface area contributed by atoms with Crippen molar-refractivity contribution in [2.45, 2.75) is 6.54 Å². The van der Waals surface area contributed by atoms with Crippen LogP contribution < -0.4 is 0 Å². The van der Waals surface area contributed by atoms with Gasteiger partial charge in [-0.05, 0) is 41.1 Å². The van der Waals surface area contributed by atoms with Crippen LogP contribution in [0.4, 0.5) is 10.5 Å². The Balaban J connectivity index is 1.81. The highest BCUT2D eigenvalue weighted by atomic mass is 35.5. The van der Waals surface area contributed by atoms with Gasteiger partial charge in [0.2, 0.25) is 0 Å². The molecule has 2 aromatic carbocycles. The van der Waals surface area contributed by atoms with Crippen molar-refractivity contribution in [1.29, 1.82) is 0 Å². The molecule has 0 atom stereocenters. The van der Waals surface area contributed by atoms with E-state index in [0.717, 1.165) is 22.2 Å². The van der Waals surface area contributed by atoms with E-state index in [0.29, 0.717) is 15.5 Å². The third-order valence-electron chi connectivity index (χ3n) is 3.50. The van der Waals surface area contributed by atoms with Crippen LogP contribution in [0.15, 0.2) is 53.4 Å². The Labute approximate surface area is 152 Å². The number of hydrogen-bond acceptors (Lipinski definition) is 5. The first-order valence-electron chi connectivity index (χ1n) is 7.18. The zero-order valence-electron chi connectivity index (χ0n) is 12.7. The Morgan fingerprint density at radius 1 is 1.16 bits per heavy atom. The quantitative estimate of drug-likeness (QED) is 0.447. The molecular formula is C17H11ClN2O4S. The van der Waals surface area contributed by atoms with Gasteiger partial charge in [-0.3, -0.25) is 24.6 Å². The number of benzene rings is 2. The number of nitro benzene ring substituents is 1. The molecule has 0 aliphatic carbocycles. The van der Waals surface area contributed by atoms with Gasteiger partial charge in [-0.1, -0.05) is 35.9 Å². The van der Waals surface area contributed by atoms with Gasteiger partial charge < -0.3 is 0 Å². The molecule has 1 fully saturated rings. The molecule has 0 unspecified atom stereocenters. The summed E-state index contributed by atoms with van der Waals surface area (Å²) in [5.41, 5.74) is 1.19. The number of non-ortho nitro benzene ring substituents is 1. The maximum absolute atomic E-state index is 12.5. The minimum absolute atomic E-state index is 0.00962. The lowest BCUT2D eigenvalue weighted by Crippen LogP contribution is -2.27. The Bertz CT molecular complexity index is 896. The van der Waals surface area contributed by atoms with Gasteiger partial charge in [-0.25, -0.2) is 0 Å². The third kappa shape index (κ3) is 3.89. The first kappa shape index (κ1) is 17.2. The summed E-state index contributed by atoms with van der Waals surface area (Å²) in [6, 6.07) is 12.8. The summed E-state index contributed by atoms with van der Waals surface area (Å²) in [4.78, 5) is 36.3. The minimum atomic E-state index is -0.516. The fraction of sp³-hybridized carbons (Fsp3) is 0.0588. The van der Waals surface area contributed by atoms with Gasteiger partial charge in [0, 0.05) is 17.2 Å². The number of amides is 2. The van der Waals surface area contributed by atoms with Crippen LogP contribution in [-0.4, -0.2) is 21.0 Å². The average Bonchev–Trinajstić information content (AvgIpc) is 2.85. The predicted molar refractivity (Wildman–Crippen MR) is 96.1 cm³/mol. The fourth-order valence-corrected chi connectivity index (χ4v) is 3.26. The third-order valence-corrected chi connectivity index (χ3v) is 4.66. The zero-order chi connectivity index (χ0) is 18.0. The van der Waals surface area contributed by atoms with Crippen molar-refractivity contribution in [3.63, 3.8) is 0 Å². The first-order valence-corrected chi connectivity index (χ1v) is 8.38. The number of imide groups is 1. The summed E-state index contributed by atoms with van der Waals surface area (Å²) in [5.74, 6) is -0.420. The summed E-state index contributed by atoms with van der Waals surface area (Å²) in [5, 5.41) is 11.0. The molecule has 1 saturated heterocycles. The van der Waals surface area contributed by atoms with Crippen molar-refractivity contribution in [2.75, 3.05) is 0 Å². The van der Waals surface area contributed by atoms with Gasteiger partial charge in [-0.15, -0.1) is 0 Å². The lowest BCUT2D eigenvalue weighted by molar-refractivity contribution is -0.384. The molecule has 0 radical (unpaired) electrons. The molecule has 2 aromatic rings. The van der Waals surface area contributed by atoms with Crippen LogP contribution in [0.3, 0.4) is 0 Å². The summed E-state index contributed by atoms with van der Waals surface area (Å²) < 4.78 is 0. The smallest absolute Gasteiger partial charge is 0.268 e. The van der Waals surface area contributed by atoms with Crippen LogP contribution in [0, 0.1) is 10.1 Å². The predicted octanol–water partition coefficient (Wildman–Crippen LogP) is 4.48. The first-order chi connectivity index (χ1) is 11.9. The Morgan fingerprint density at radius 2 is 1.88 bits per heavy atom. The van der Waals surface area contributed by atoms with Gasteiger partial charge in [0.1, 0.15) is 0 Å². The van der Waals surface area contributed by atoms with E-state index in [1.165, 1.54) is 18.2 Å². The topological polar surface area (TPSA) is 80.5 Å². The Morgan fingerprint density at radius 3 is 2.56 bits per heavy atom. The molecule has 1 aliphatic rings. The summed E-state index contributed by atoms with van der Waals surface area (Å²) in [7, 11) is 0. The highest BCUT2D eigenvalue weighted by Crippen LogP contribution is 2.33. The molecule has 25 heavy (non-hydrogen) atoms. The lowest BCUT2D eigenvalue weighted by Gasteiger charge is -2.12. The molecule has 2 amide bonds. The van der Waals surface area contributed by atoms with E-state index in [1.807, 2.05) is 0 Å². The van der Waals surface area contributed by atoms with Crippen LogP contribution in [-0.2, 0) is 11.3 Å². The second-order valence-corrected chi connectivity index (χ2v) is 6.68. The summed E-state index contributed by atoms with van der Waals surface area (Å²) in [6.45, 7) is -0.00962. The minimum Gasteiger partial charge on any atom is -0.268 e. The van der Waals surface area contributed by atoms with Crippen molar-refractivity contribution in [3.8, 4) is 0 Å². The normalized spacial score (nSPS) is 15.9. The van der Waals surface area contributed by atoms with E-state index in [2.05, 4.69) is 0 Å². The maximum atomic E-state index is 12.5. The SMILES string of the molecule is O=C1S/C(=C/c2ccc(Cl)cc2)C(=O)N1Cc1cccc([N+](=O)[O-])c1. The number of nitrogens with zero attached hydrogens (tertiary/aromatic N) is 2.